The fraction of sp³-hybridized carbons (Fsp3) is 0.238. The molecule has 2 heterocycles. The second kappa shape index (κ2) is 7.55. The monoisotopic (exact) mass is 381 g/mol. The average molecular weight is 382 g/mol. The Morgan fingerprint density at radius 2 is 1.96 bits per heavy atom. The molecule has 0 aliphatic carbocycles. The lowest BCUT2D eigenvalue weighted by Crippen LogP contribution is -2.36. The van der Waals surface area contributed by atoms with Crippen molar-refractivity contribution in [3.05, 3.63) is 64.8 Å². The number of ether oxygens (including phenoxy) is 1. The van der Waals surface area contributed by atoms with Gasteiger partial charge in [-0.2, -0.15) is 0 Å². The Bertz CT molecular complexity index is 1000. The largest absolute Gasteiger partial charge is 0.378 e. The zero-order valence-corrected chi connectivity index (χ0v) is 15.8. The molecule has 1 amide bonds. The lowest BCUT2D eigenvalue weighted by molar-refractivity contribution is 0.102. The summed E-state index contributed by atoms with van der Waals surface area (Å²) in [4.78, 5) is 19.7. The third-order valence-electron chi connectivity index (χ3n) is 4.61. The van der Waals surface area contributed by atoms with E-state index in [1.165, 1.54) is 0 Å². The molecule has 3 aromatic rings. The van der Waals surface area contributed by atoms with Crippen molar-refractivity contribution < 1.29 is 9.53 Å². The predicted molar refractivity (Wildman–Crippen MR) is 109 cm³/mol. The van der Waals surface area contributed by atoms with Crippen molar-refractivity contribution in [1.29, 1.82) is 0 Å². The van der Waals surface area contributed by atoms with Crippen LogP contribution in [0.2, 0.25) is 5.02 Å². The minimum Gasteiger partial charge on any atom is -0.378 e. The summed E-state index contributed by atoms with van der Waals surface area (Å²) in [5, 5.41) is 4.50. The van der Waals surface area contributed by atoms with E-state index in [0.717, 1.165) is 35.2 Å². The summed E-state index contributed by atoms with van der Waals surface area (Å²) >= 11 is 6.01. The van der Waals surface area contributed by atoms with Gasteiger partial charge in [-0.25, -0.2) is 4.98 Å². The maximum atomic E-state index is 12.8. The highest BCUT2D eigenvalue weighted by molar-refractivity contribution is 6.31. The fourth-order valence-corrected chi connectivity index (χ4v) is 3.46. The number of morpholine rings is 1. The van der Waals surface area contributed by atoms with Gasteiger partial charge in [0.15, 0.2) is 0 Å². The SMILES string of the molecule is Cc1ccc2nc(C(=O)Nc3cccc(Cl)c3)cc(N3CCOCC3)c2c1. The molecule has 0 bridgehead atoms. The van der Waals surface area contributed by atoms with Gasteiger partial charge in [0.1, 0.15) is 5.69 Å². The van der Waals surface area contributed by atoms with E-state index in [9.17, 15) is 4.79 Å². The Morgan fingerprint density at radius 1 is 1.15 bits per heavy atom. The van der Waals surface area contributed by atoms with Crippen LogP contribution in [0.3, 0.4) is 0 Å². The minimum atomic E-state index is -0.255. The number of aryl methyl sites for hydroxylation is 1. The van der Waals surface area contributed by atoms with Gasteiger partial charge in [0.2, 0.25) is 0 Å². The normalized spacial score (nSPS) is 14.4. The molecule has 27 heavy (non-hydrogen) atoms. The highest BCUT2D eigenvalue weighted by atomic mass is 35.5. The highest BCUT2D eigenvalue weighted by Gasteiger charge is 2.18. The molecule has 138 valence electrons. The molecule has 1 N–H and O–H groups in total. The van der Waals surface area contributed by atoms with Gasteiger partial charge < -0.3 is 15.0 Å². The predicted octanol–water partition coefficient (Wildman–Crippen LogP) is 4.29. The number of hydrogen-bond acceptors (Lipinski definition) is 4. The van der Waals surface area contributed by atoms with Crippen LogP contribution in [0.5, 0.6) is 0 Å². The lowest BCUT2D eigenvalue weighted by atomic mass is 10.1. The molecule has 0 atom stereocenters. The highest BCUT2D eigenvalue weighted by Crippen LogP contribution is 2.29. The van der Waals surface area contributed by atoms with Gasteiger partial charge in [-0.3, -0.25) is 4.79 Å². The van der Waals surface area contributed by atoms with E-state index in [-0.39, 0.29) is 5.91 Å². The number of amides is 1. The van der Waals surface area contributed by atoms with Crippen molar-refractivity contribution in [2.45, 2.75) is 6.92 Å². The third kappa shape index (κ3) is 3.89. The second-order valence-electron chi connectivity index (χ2n) is 6.61. The number of anilines is 2. The molecule has 1 aliphatic heterocycles. The van der Waals surface area contributed by atoms with Gasteiger partial charge >= 0.3 is 0 Å². The standard InChI is InChI=1S/C21H20ClN3O2/c1-14-5-6-18-17(11-14)20(25-7-9-27-10-8-25)13-19(24-18)21(26)23-16-4-2-3-15(22)12-16/h2-6,11-13H,7-10H2,1H3,(H,23,26). The van der Waals surface area contributed by atoms with Gasteiger partial charge in [-0.15, -0.1) is 0 Å². The van der Waals surface area contributed by atoms with Crippen molar-refractivity contribution in [2.75, 3.05) is 36.5 Å². The number of carbonyl (C=O) groups excluding carboxylic acids is 1. The van der Waals surface area contributed by atoms with E-state index in [1.807, 2.05) is 18.2 Å². The molecule has 2 aromatic carbocycles. The maximum Gasteiger partial charge on any atom is 0.274 e. The molecule has 1 fully saturated rings. The number of aromatic nitrogens is 1. The van der Waals surface area contributed by atoms with Crippen LogP contribution < -0.4 is 10.2 Å². The van der Waals surface area contributed by atoms with Crippen molar-refractivity contribution in [1.82, 2.24) is 4.98 Å². The summed E-state index contributed by atoms with van der Waals surface area (Å²) in [6, 6.07) is 15.0. The van der Waals surface area contributed by atoms with E-state index < -0.39 is 0 Å². The van der Waals surface area contributed by atoms with Gasteiger partial charge in [-0.05, 0) is 43.3 Å². The first kappa shape index (κ1) is 17.8. The van der Waals surface area contributed by atoms with Crippen molar-refractivity contribution in [3.63, 3.8) is 0 Å². The minimum absolute atomic E-state index is 0.255. The van der Waals surface area contributed by atoms with Crippen LogP contribution in [-0.2, 0) is 4.74 Å². The van der Waals surface area contributed by atoms with Crippen LogP contribution in [-0.4, -0.2) is 37.2 Å². The third-order valence-corrected chi connectivity index (χ3v) is 4.84. The number of nitrogens with zero attached hydrogens (tertiary/aromatic N) is 2. The molecule has 1 aromatic heterocycles. The number of pyridine rings is 1. The maximum absolute atomic E-state index is 12.8. The number of hydrogen-bond donors (Lipinski definition) is 1. The topological polar surface area (TPSA) is 54.5 Å². The number of fused-ring (bicyclic) bond motifs is 1. The van der Waals surface area contributed by atoms with E-state index in [1.54, 1.807) is 24.3 Å². The molecule has 0 spiro atoms. The molecular weight excluding hydrogens is 362 g/mol. The number of nitrogens with one attached hydrogen (secondary N) is 1. The summed E-state index contributed by atoms with van der Waals surface area (Å²) in [6.07, 6.45) is 0. The average Bonchev–Trinajstić information content (AvgIpc) is 2.68. The first-order valence-electron chi connectivity index (χ1n) is 8.91. The zero-order chi connectivity index (χ0) is 18.8. The molecular formula is C21H20ClN3O2. The van der Waals surface area contributed by atoms with Crippen LogP contribution in [0.1, 0.15) is 16.1 Å². The summed E-state index contributed by atoms with van der Waals surface area (Å²) in [5.41, 5.74) is 4.01. The Kier molecular flexibility index (Phi) is 4.97. The second-order valence-corrected chi connectivity index (χ2v) is 7.05. The van der Waals surface area contributed by atoms with Crippen LogP contribution in [0.15, 0.2) is 48.5 Å². The van der Waals surface area contributed by atoms with Gasteiger partial charge in [0, 0.05) is 34.9 Å². The summed E-state index contributed by atoms with van der Waals surface area (Å²) in [5.74, 6) is -0.255. The van der Waals surface area contributed by atoms with E-state index >= 15 is 0 Å². The van der Waals surface area contributed by atoms with E-state index in [4.69, 9.17) is 16.3 Å². The fourth-order valence-electron chi connectivity index (χ4n) is 3.27. The molecule has 1 saturated heterocycles. The van der Waals surface area contributed by atoms with E-state index in [2.05, 4.69) is 28.2 Å². The Labute approximate surface area is 162 Å². The van der Waals surface area contributed by atoms with Gasteiger partial charge in [-0.1, -0.05) is 29.3 Å². The molecule has 0 radical (unpaired) electrons. The van der Waals surface area contributed by atoms with E-state index in [0.29, 0.717) is 29.6 Å². The van der Waals surface area contributed by atoms with Crippen molar-refractivity contribution >= 4 is 39.8 Å². The van der Waals surface area contributed by atoms with Crippen LogP contribution in [0.4, 0.5) is 11.4 Å². The Hall–Kier alpha value is -2.63. The first-order chi connectivity index (χ1) is 13.1. The number of rotatable bonds is 3. The van der Waals surface area contributed by atoms with Crippen molar-refractivity contribution in [3.8, 4) is 0 Å². The number of benzene rings is 2. The Balaban J connectivity index is 1.74. The smallest absolute Gasteiger partial charge is 0.274 e. The molecule has 1 aliphatic rings. The molecule has 5 nitrogen and oxygen atoms in total. The van der Waals surface area contributed by atoms with Gasteiger partial charge in [0.25, 0.3) is 5.91 Å². The summed E-state index contributed by atoms with van der Waals surface area (Å²) < 4.78 is 5.48. The number of halogens is 1. The van der Waals surface area contributed by atoms with Gasteiger partial charge in [0.05, 0.1) is 18.7 Å². The lowest BCUT2D eigenvalue weighted by Gasteiger charge is -2.30. The summed E-state index contributed by atoms with van der Waals surface area (Å²) in [7, 11) is 0. The summed E-state index contributed by atoms with van der Waals surface area (Å²) in [6.45, 7) is 5.01. The molecule has 0 unspecified atom stereocenters. The number of carbonyl (C=O) groups is 1. The van der Waals surface area contributed by atoms with Crippen molar-refractivity contribution in [2.24, 2.45) is 0 Å². The van der Waals surface area contributed by atoms with Crippen LogP contribution in [0.25, 0.3) is 10.9 Å². The molecule has 0 saturated carbocycles. The Morgan fingerprint density at radius 3 is 2.74 bits per heavy atom. The van der Waals surface area contributed by atoms with Crippen LogP contribution in [0, 0.1) is 6.92 Å². The van der Waals surface area contributed by atoms with Crippen LogP contribution >= 0.6 is 11.6 Å². The quantitative estimate of drug-likeness (QED) is 0.735. The molecule has 6 heteroatoms. The molecule has 4 rings (SSSR count). The first-order valence-corrected chi connectivity index (χ1v) is 9.29. The zero-order valence-electron chi connectivity index (χ0n) is 15.0.